The van der Waals surface area contributed by atoms with Gasteiger partial charge in [-0.1, -0.05) is 28.1 Å². The van der Waals surface area contributed by atoms with Gasteiger partial charge in [0.15, 0.2) is 0 Å². The fourth-order valence-corrected chi connectivity index (χ4v) is 1.91. The number of hydrogen-bond acceptors (Lipinski definition) is 4. The summed E-state index contributed by atoms with van der Waals surface area (Å²) in [6, 6.07) is 13.0. The number of hydrogen-bond donors (Lipinski definition) is 0. The van der Waals surface area contributed by atoms with Gasteiger partial charge in [-0.25, -0.2) is 4.79 Å². The Hall–Kier alpha value is -2.14. The van der Waals surface area contributed by atoms with E-state index < -0.39 is 5.97 Å². The molecule has 0 spiro atoms. The lowest BCUT2D eigenvalue weighted by Crippen LogP contribution is -2.10. The van der Waals surface area contributed by atoms with Crippen molar-refractivity contribution in [1.82, 2.24) is 4.98 Å². The van der Waals surface area contributed by atoms with Crippen molar-refractivity contribution in [3.05, 3.63) is 64.9 Å². The highest BCUT2D eigenvalue weighted by atomic mass is 79.9. The van der Waals surface area contributed by atoms with Crippen molar-refractivity contribution in [2.45, 2.75) is 0 Å². The van der Waals surface area contributed by atoms with Crippen LogP contribution in [0.25, 0.3) is 6.08 Å². The van der Waals surface area contributed by atoms with Crippen molar-refractivity contribution in [2.75, 3.05) is 13.2 Å². The van der Waals surface area contributed by atoms with Gasteiger partial charge in [-0.3, -0.25) is 4.98 Å². The molecule has 1 heterocycles. The average molecular weight is 348 g/mol. The third kappa shape index (κ3) is 5.79. The van der Waals surface area contributed by atoms with Gasteiger partial charge >= 0.3 is 5.97 Å². The second-order valence-electron chi connectivity index (χ2n) is 4.06. The van der Waals surface area contributed by atoms with E-state index in [0.29, 0.717) is 12.3 Å². The molecule has 0 saturated heterocycles. The van der Waals surface area contributed by atoms with Crippen LogP contribution in [0.4, 0.5) is 0 Å². The van der Waals surface area contributed by atoms with Gasteiger partial charge in [0.1, 0.15) is 19.0 Å². The predicted molar refractivity (Wildman–Crippen MR) is 83.9 cm³/mol. The van der Waals surface area contributed by atoms with Crippen LogP contribution in [0.2, 0.25) is 0 Å². The molecule has 2 aromatic rings. The van der Waals surface area contributed by atoms with E-state index in [1.54, 1.807) is 18.3 Å². The molecule has 5 heteroatoms. The third-order valence-electron chi connectivity index (χ3n) is 2.47. The second kappa shape index (κ2) is 8.21. The quantitative estimate of drug-likeness (QED) is 0.456. The summed E-state index contributed by atoms with van der Waals surface area (Å²) in [6.45, 7) is 0.498. The Morgan fingerprint density at radius 1 is 1.19 bits per heavy atom. The summed E-state index contributed by atoms with van der Waals surface area (Å²) >= 11 is 3.36. The number of esters is 1. The first-order valence-corrected chi connectivity index (χ1v) is 7.17. The summed E-state index contributed by atoms with van der Waals surface area (Å²) in [5, 5.41) is 0. The molecule has 0 unspecified atom stereocenters. The van der Waals surface area contributed by atoms with Crippen molar-refractivity contribution in [1.29, 1.82) is 0 Å². The van der Waals surface area contributed by atoms with Crippen LogP contribution in [0.1, 0.15) is 5.69 Å². The number of nitrogens with zero attached hydrogens (tertiary/aromatic N) is 1. The highest BCUT2D eigenvalue weighted by Crippen LogP contribution is 2.17. The molecule has 4 nitrogen and oxygen atoms in total. The average Bonchev–Trinajstić information content (AvgIpc) is 2.51. The molecule has 1 aromatic heterocycles. The lowest BCUT2D eigenvalue weighted by Gasteiger charge is -2.06. The summed E-state index contributed by atoms with van der Waals surface area (Å²) in [5.74, 6) is 0.308. The lowest BCUT2D eigenvalue weighted by molar-refractivity contribution is -0.138. The molecule has 0 N–H and O–H groups in total. The molecule has 108 valence electrons. The number of rotatable bonds is 6. The molecule has 0 aliphatic rings. The summed E-state index contributed by atoms with van der Waals surface area (Å²) in [7, 11) is 0. The Morgan fingerprint density at radius 2 is 2.10 bits per heavy atom. The number of carbonyl (C=O) groups is 1. The maximum absolute atomic E-state index is 11.5. The van der Waals surface area contributed by atoms with E-state index in [-0.39, 0.29) is 6.61 Å². The van der Waals surface area contributed by atoms with Crippen LogP contribution < -0.4 is 4.74 Å². The number of pyridine rings is 1. The standard InChI is InChI=1S/C16H14BrNO3/c17-13-4-3-6-15(12-13)20-10-11-21-16(19)8-7-14-5-1-2-9-18-14/h1-9,12H,10-11H2/b8-7+. The molecule has 0 amide bonds. The first kappa shape index (κ1) is 15.3. The molecular formula is C16H14BrNO3. The first-order chi connectivity index (χ1) is 10.2. The van der Waals surface area contributed by atoms with Crippen molar-refractivity contribution >= 4 is 28.0 Å². The molecule has 1 aromatic carbocycles. The Kier molecular flexibility index (Phi) is 5.97. The van der Waals surface area contributed by atoms with E-state index >= 15 is 0 Å². The van der Waals surface area contributed by atoms with E-state index in [4.69, 9.17) is 9.47 Å². The fourth-order valence-electron chi connectivity index (χ4n) is 1.53. The van der Waals surface area contributed by atoms with Gasteiger partial charge in [0, 0.05) is 16.7 Å². The van der Waals surface area contributed by atoms with Crippen LogP contribution >= 0.6 is 15.9 Å². The van der Waals surface area contributed by atoms with E-state index in [1.165, 1.54) is 6.08 Å². The number of benzene rings is 1. The Labute approximate surface area is 131 Å². The normalized spacial score (nSPS) is 10.5. The zero-order valence-electron chi connectivity index (χ0n) is 11.2. The van der Waals surface area contributed by atoms with E-state index in [9.17, 15) is 4.79 Å². The van der Waals surface area contributed by atoms with Crippen molar-refractivity contribution in [3.8, 4) is 5.75 Å². The zero-order chi connectivity index (χ0) is 14.9. The van der Waals surface area contributed by atoms with Crippen molar-refractivity contribution < 1.29 is 14.3 Å². The van der Waals surface area contributed by atoms with E-state index in [2.05, 4.69) is 20.9 Å². The smallest absolute Gasteiger partial charge is 0.330 e. The van der Waals surface area contributed by atoms with Gasteiger partial charge in [0.2, 0.25) is 0 Å². The molecule has 0 aliphatic heterocycles. The van der Waals surface area contributed by atoms with Gasteiger partial charge in [-0.05, 0) is 36.4 Å². The SMILES string of the molecule is O=C(/C=C/c1ccccn1)OCCOc1cccc(Br)c1. The largest absolute Gasteiger partial charge is 0.490 e. The number of halogens is 1. The van der Waals surface area contributed by atoms with Gasteiger partial charge in [-0.15, -0.1) is 0 Å². The second-order valence-corrected chi connectivity index (χ2v) is 4.98. The van der Waals surface area contributed by atoms with Crippen LogP contribution in [-0.4, -0.2) is 24.2 Å². The minimum absolute atomic E-state index is 0.192. The fraction of sp³-hybridized carbons (Fsp3) is 0.125. The summed E-state index contributed by atoms with van der Waals surface area (Å²) in [4.78, 5) is 15.6. The topological polar surface area (TPSA) is 48.4 Å². The lowest BCUT2D eigenvalue weighted by atomic mass is 10.3. The van der Waals surface area contributed by atoms with Crippen LogP contribution in [0.5, 0.6) is 5.75 Å². The Balaban J connectivity index is 1.69. The van der Waals surface area contributed by atoms with Gasteiger partial charge in [-0.2, -0.15) is 0 Å². The molecule has 2 rings (SSSR count). The summed E-state index contributed by atoms with van der Waals surface area (Å²) in [5.41, 5.74) is 0.708. The monoisotopic (exact) mass is 347 g/mol. The number of carbonyl (C=O) groups excluding carboxylic acids is 1. The summed E-state index contributed by atoms with van der Waals surface area (Å²) in [6.07, 6.45) is 4.62. The van der Waals surface area contributed by atoms with Crippen LogP contribution in [0.15, 0.2) is 59.2 Å². The minimum atomic E-state index is -0.418. The Morgan fingerprint density at radius 3 is 2.86 bits per heavy atom. The van der Waals surface area contributed by atoms with Crippen LogP contribution in [-0.2, 0) is 9.53 Å². The first-order valence-electron chi connectivity index (χ1n) is 6.38. The maximum Gasteiger partial charge on any atom is 0.330 e. The molecule has 0 atom stereocenters. The highest BCUT2D eigenvalue weighted by molar-refractivity contribution is 9.10. The van der Waals surface area contributed by atoms with E-state index in [0.717, 1.165) is 10.2 Å². The molecule has 0 radical (unpaired) electrons. The van der Waals surface area contributed by atoms with Crippen LogP contribution in [0, 0.1) is 0 Å². The molecule has 0 fully saturated rings. The number of aromatic nitrogens is 1. The van der Waals surface area contributed by atoms with Crippen molar-refractivity contribution in [2.24, 2.45) is 0 Å². The highest BCUT2D eigenvalue weighted by Gasteiger charge is 1.99. The molecule has 21 heavy (non-hydrogen) atoms. The minimum Gasteiger partial charge on any atom is -0.490 e. The van der Waals surface area contributed by atoms with E-state index in [1.807, 2.05) is 36.4 Å². The number of ether oxygens (including phenoxy) is 2. The third-order valence-corrected chi connectivity index (χ3v) is 2.96. The summed E-state index contributed by atoms with van der Waals surface area (Å²) < 4.78 is 11.4. The van der Waals surface area contributed by atoms with Crippen molar-refractivity contribution in [3.63, 3.8) is 0 Å². The van der Waals surface area contributed by atoms with Crippen LogP contribution in [0.3, 0.4) is 0 Å². The molecular weight excluding hydrogens is 334 g/mol. The molecule has 0 saturated carbocycles. The molecule has 0 aliphatic carbocycles. The molecule has 0 bridgehead atoms. The van der Waals surface area contributed by atoms with Gasteiger partial charge in [0.05, 0.1) is 5.69 Å². The Bertz CT molecular complexity index is 614. The predicted octanol–water partition coefficient (Wildman–Crippen LogP) is 3.48. The maximum atomic E-state index is 11.5. The van der Waals surface area contributed by atoms with Gasteiger partial charge < -0.3 is 9.47 Å². The van der Waals surface area contributed by atoms with Gasteiger partial charge in [0.25, 0.3) is 0 Å². The zero-order valence-corrected chi connectivity index (χ0v) is 12.8.